The third kappa shape index (κ3) is 3.29. The summed E-state index contributed by atoms with van der Waals surface area (Å²) >= 11 is 0. The van der Waals surface area contributed by atoms with Gasteiger partial charge in [-0.15, -0.1) is 15.3 Å². The summed E-state index contributed by atoms with van der Waals surface area (Å²) in [5.41, 5.74) is -0.0126. The monoisotopic (exact) mass is 412 g/mol. The van der Waals surface area contributed by atoms with Gasteiger partial charge in [-0.1, -0.05) is 18.2 Å². The summed E-state index contributed by atoms with van der Waals surface area (Å²) in [6, 6.07) is 11.0. The van der Waals surface area contributed by atoms with E-state index in [0.29, 0.717) is 23.4 Å². The number of rotatable bonds is 3. The lowest BCUT2D eigenvalue weighted by Crippen LogP contribution is -2.49. The Bertz CT molecular complexity index is 1090. The first-order chi connectivity index (χ1) is 13.3. The molecule has 0 N–H and O–H groups in total. The van der Waals surface area contributed by atoms with Crippen LogP contribution in [-0.4, -0.2) is 58.7 Å². The number of aromatic nitrogens is 4. The van der Waals surface area contributed by atoms with Crippen LogP contribution in [0.1, 0.15) is 5.82 Å². The quantitative estimate of drug-likeness (QED) is 0.651. The van der Waals surface area contributed by atoms with Crippen LogP contribution in [0.15, 0.2) is 47.4 Å². The van der Waals surface area contributed by atoms with Crippen molar-refractivity contribution in [2.75, 3.05) is 31.1 Å². The number of hydrogen-bond donors (Lipinski definition) is 0. The van der Waals surface area contributed by atoms with Gasteiger partial charge in [-0.25, -0.2) is 8.42 Å². The van der Waals surface area contributed by atoms with E-state index >= 15 is 0 Å². The van der Waals surface area contributed by atoms with E-state index in [0.717, 1.165) is 0 Å². The molecule has 1 aliphatic heterocycles. The van der Waals surface area contributed by atoms with E-state index in [2.05, 4.69) is 15.3 Å². The van der Waals surface area contributed by atoms with Crippen molar-refractivity contribution in [3.63, 3.8) is 0 Å². The number of halogens is 3. The molecule has 0 aliphatic carbocycles. The molecular weight excluding hydrogens is 397 g/mol. The van der Waals surface area contributed by atoms with Gasteiger partial charge in [0.1, 0.15) is 5.82 Å². The van der Waals surface area contributed by atoms with Gasteiger partial charge < -0.3 is 4.90 Å². The molecule has 0 spiro atoms. The highest BCUT2D eigenvalue weighted by Gasteiger charge is 2.38. The minimum absolute atomic E-state index is 0.0126. The lowest BCUT2D eigenvalue weighted by molar-refractivity contribution is -0.146. The fourth-order valence-corrected chi connectivity index (χ4v) is 4.47. The Morgan fingerprint density at radius 3 is 2.21 bits per heavy atom. The van der Waals surface area contributed by atoms with Crippen molar-refractivity contribution < 1.29 is 21.6 Å². The Kier molecular flexibility index (Phi) is 4.46. The fraction of sp³-hybridized carbons (Fsp3) is 0.312. The Morgan fingerprint density at radius 2 is 1.57 bits per heavy atom. The topological polar surface area (TPSA) is 83.7 Å². The molecule has 0 atom stereocenters. The summed E-state index contributed by atoms with van der Waals surface area (Å²) in [5, 5.41) is 10.6. The zero-order valence-corrected chi connectivity index (χ0v) is 15.2. The Balaban J connectivity index is 1.54. The molecule has 0 amide bonds. The van der Waals surface area contributed by atoms with Crippen LogP contribution in [0.25, 0.3) is 5.65 Å². The van der Waals surface area contributed by atoms with Crippen molar-refractivity contribution in [3.8, 4) is 0 Å². The van der Waals surface area contributed by atoms with Gasteiger partial charge in [0, 0.05) is 26.2 Å². The highest BCUT2D eigenvalue weighted by molar-refractivity contribution is 7.89. The van der Waals surface area contributed by atoms with Gasteiger partial charge in [-0.05, 0) is 24.3 Å². The van der Waals surface area contributed by atoms with Gasteiger partial charge >= 0.3 is 6.18 Å². The Morgan fingerprint density at radius 1 is 0.893 bits per heavy atom. The maximum atomic E-state index is 13.0. The normalized spacial score (nSPS) is 16.6. The molecule has 4 rings (SSSR count). The smallest absolute Gasteiger partial charge is 0.353 e. The van der Waals surface area contributed by atoms with Crippen LogP contribution >= 0.6 is 0 Å². The minimum Gasteiger partial charge on any atom is -0.353 e. The van der Waals surface area contributed by atoms with Crippen LogP contribution in [0.5, 0.6) is 0 Å². The van der Waals surface area contributed by atoms with Crippen LogP contribution in [0.2, 0.25) is 0 Å². The molecule has 1 fully saturated rings. The minimum atomic E-state index is -4.67. The first-order valence-electron chi connectivity index (χ1n) is 8.36. The predicted octanol–water partition coefficient (Wildman–Crippen LogP) is 1.65. The SMILES string of the molecule is O=S(=O)(c1ccccc1)N1CCN(c2ccc3nnc(C(F)(F)F)n3n2)CC1. The molecular formula is C16H15F3N6O2S. The van der Waals surface area contributed by atoms with Gasteiger partial charge in [0.25, 0.3) is 5.82 Å². The number of piperazine rings is 1. The molecule has 1 aromatic carbocycles. The van der Waals surface area contributed by atoms with E-state index in [4.69, 9.17) is 0 Å². The van der Waals surface area contributed by atoms with Crippen molar-refractivity contribution in [2.45, 2.75) is 11.1 Å². The number of nitrogens with zero attached hydrogens (tertiary/aromatic N) is 6. The van der Waals surface area contributed by atoms with Gasteiger partial charge in [0.2, 0.25) is 10.0 Å². The van der Waals surface area contributed by atoms with Crippen molar-refractivity contribution >= 4 is 21.5 Å². The fourth-order valence-electron chi connectivity index (χ4n) is 3.02. The first-order valence-corrected chi connectivity index (χ1v) is 9.80. The molecule has 28 heavy (non-hydrogen) atoms. The molecule has 0 unspecified atom stereocenters. The molecule has 3 aromatic rings. The molecule has 3 heterocycles. The third-order valence-electron chi connectivity index (χ3n) is 4.45. The molecule has 148 valence electrons. The maximum Gasteiger partial charge on any atom is 0.453 e. The second kappa shape index (κ2) is 6.71. The third-order valence-corrected chi connectivity index (χ3v) is 6.36. The summed E-state index contributed by atoms with van der Waals surface area (Å²) in [6.45, 7) is 0.999. The number of hydrogen-bond acceptors (Lipinski definition) is 6. The highest BCUT2D eigenvalue weighted by Crippen LogP contribution is 2.28. The summed E-state index contributed by atoms with van der Waals surface area (Å²) < 4.78 is 66.4. The summed E-state index contributed by atoms with van der Waals surface area (Å²) in [5.74, 6) is -0.899. The van der Waals surface area contributed by atoms with Crippen LogP contribution in [-0.2, 0) is 16.2 Å². The zero-order valence-electron chi connectivity index (χ0n) is 14.4. The zero-order chi connectivity index (χ0) is 19.9. The Hall–Kier alpha value is -2.73. The van der Waals surface area contributed by atoms with E-state index in [9.17, 15) is 21.6 Å². The molecule has 0 radical (unpaired) electrons. The van der Waals surface area contributed by atoms with Gasteiger partial charge in [0.05, 0.1) is 4.90 Å². The molecule has 8 nitrogen and oxygen atoms in total. The van der Waals surface area contributed by atoms with Gasteiger partial charge in [0.15, 0.2) is 5.65 Å². The highest BCUT2D eigenvalue weighted by atomic mass is 32.2. The number of alkyl halides is 3. The second-order valence-electron chi connectivity index (χ2n) is 6.19. The maximum absolute atomic E-state index is 13.0. The first kappa shape index (κ1) is 18.6. The number of benzene rings is 1. The van der Waals surface area contributed by atoms with Crippen molar-refractivity contribution in [1.82, 2.24) is 24.1 Å². The van der Waals surface area contributed by atoms with E-state index in [1.807, 2.05) is 0 Å². The lowest BCUT2D eigenvalue weighted by atomic mass is 10.3. The molecule has 0 saturated carbocycles. The van der Waals surface area contributed by atoms with Crippen LogP contribution in [0.4, 0.5) is 19.0 Å². The molecule has 1 saturated heterocycles. The lowest BCUT2D eigenvalue weighted by Gasteiger charge is -2.34. The number of sulfonamides is 1. The average molecular weight is 412 g/mol. The van der Waals surface area contributed by atoms with Crippen LogP contribution in [0, 0.1) is 0 Å². The van der Waals surface area contributed by atoms with E-state index in [1.54, 1.807) is 29.2 Å². The van der Waals surface area contributed by atoms with Crippen LogP contribution in [0.3, 0.4) is 0 Å². The van der Waals surface area contributed by atoms with Gasteiger partial charge in [-0.3, -0.25) is 0 Å². The van der Waals surface area contributed by atoms with E-state index in [-0.39, 0.29) is 23.6 Å². The van der Waals surface area contributed by atoms with E-state index in [1.165, 1.54) is 22.5 Å². The Labute approximate surface area is 158 Å². The standard InChI is InChI=1S/C16H15F3N6O2S/c17-16(18,19)15-21-20-13-6-7-14(22-25(13)15)23-8-10-24(11-9-23)28(26,27)12-4-2-1-3-5-12/h1-7H,8-11H2. The molecule has 1 aliphatic rings. The van der Waals surface area contributed by atoms with Crippen molar-refractivity contribution in [3.05, 3.63) is 48.3 Å². The molecule has 2 aromatic heterocycles. The molecule has 12 heteroatoms. The summed E-state index contributed by atoms with van der Waals surface area (Å²) in [4.78, 5) is 1.94. The summed E-state index contributed by atoms with van der Waals surface area (Å²) in [6.07, 6.45) is -4.67. The summed E-state index contributed by atoms with van der Waals surface area (Å²) in [7, 11) is -3.61. The molecule has 0 bridgehead atoms. The van der Waals surface area contributed by atoms with E-state index < -0.39 is 22.0 Å². The number of fused-ring (bicyclic) bond motifs is 1. The second-order valence-corrected chi connectivity index (χ2v) is 8.13. The van der Waals surface area contributed by atoms with Crippen molar-refractivity contribution in [1.29, 1.82) is 0 Å². The van der Waals surface area contributed by atoms with Crippen molar-refractivity contribution in [2.24, 2.45) is 0 Å². The van der Waals surface area contributed by atoms with Crippen LogP contribution < -0.4 is 4.90 Å². The predicted molar refractivity (Wildman–Crippen MR) is 93.2 cm³/mol. The largest absolute Gasteiger partial charge is 0.453 e. The number of anilines is 1. The average Bonchev–Trinajstić information content (AvgIpc) is 3.12. The van der Waals surface area contributed by atoms with Gasteiger partial charge in [-0.2, -0.15) is 22.0 Å².